The molecule has 1 aliphatic rings. The zero-order valence-electron chi connectivity index (χ0n) is 12.8. The van der Waals surface area contributed by atoms with Crippen molar-refractivity contribution < 1.29 is 9.53 Å². The summed E-state index contributed by atoms with van der Waals surface area (Å²) in [5, 5.41) is 0. The average molecular weight is 295 g/mol. The van der Waals surface area contributed by atoms with Gasteiger partial charge in [0.05, 0.1) is 5.69 Å². The van der Waals surface area contributed by atoms with E-state index >= 15 is 0 Å². The van der Waals surface area contributed by atoms with E-state index in [-0.39, 0.29) is 18.0 Å². The van der Waals surface area contributed by atoms with Crippen LogP contribution in [0.25, 0.3) is 0 Å². The highest BCUT2D eigenvalue weighted by atomic mass is 16.5. The average Bonchev–Trinajstić information content (AvgIpc) is 2.56. The Kier molecular flexibility index (Phi) is 4.52. The molecule has 3 nitrogen and oxygen atoms in total. The Balaban J connectivity index is 2.01. The van der Waals surface area contributed by atoms with Gasteiger partial charge < -0.3 is 4.74 Å². The summed E-state index contributed by atoms with van der Waals surface area (Å²) < 4.78 is 5.71. The Hall–Kier alpha value is -2.16. The van der Waals surface area contributed by atoms with Gasteiger partial charge in [0, 0.05) is 18.5 Å². The van der Waals surface area contributed by atoms with Gasteiger partial charge in [-0.05, 0) is 30.0 Å². The van der Waals surface area contributed by atoms with Crippen LogP contribution in [0.15, 0.2) is 54.7 Å². The predicted molar refractivity (Wildman–Crippen MR) is 85.3 cm³/mol. The molecular weight excluding hydrogens is 274 g/mol. The van der Waals surface area contributed by atoms with Gasteiger partial charge in [-0.2, -0.15) is 0 Å². The summed E-state index contributed by atoms with van der Waals surface area (Å²) in [5.41, 5.74) is 2.06. The number of carbonyl (C=O) groups is 1. The molecule has 1 saturated heterocycles. The summed E-state index contributed by atoms with van der Waals surface area (Å²) in [5.74, 6) is 0.371. The summed E-state index contributed by atoms with van der Waals surface area (Å²) in [4.78, 5) is 16.5. The Morgan fingerprint density at radius 2 is 1.91 bits per heavy atom. The van der Waals surface area contributed by atoms with E-state index in [1.165, 1.54) is 5.56 Å². The van der Waals surface area contributed by atoms with Gasteiger partial charge in [-0.25, -0.2) is 0 Å². The molecule has 1 fully saturated rings. The molecule has 0 amide bonds. The van der Waals surface area contributed by atoms with Crippen LogP contribution < -0.4 is 0 Å². The molecule has 0 radical (unpaired) electrons. The molecule has 1 aromatic heterocycles. The maximum atomic E-state index is 12.1. The number of benzene rings is 1. The SMILES string of the molecule is CCC[C@@H]1CC(=O)O[C@@H](c2ccccn2)[C@H]1c1ccccc1. The monoisotopic (exact) mass is 295 g/mol. The summed E-state index contributed by atoms with van der Waals surface area (Å²) in [7, 11) is 0. The molecule has 0 bridgehead atoms. The van der Waals surface area contributed by atoms with E-state index in [0.717, 1.165) is 18.5 Å². The lowest BCUT2D eigenvalue weighted by Crippen LogP contribution is -2.32. The zero-order valence-corrected chi connectivity index (χ0v) is 12.8. The second kappa shape index (κ2) is 6.73. The van der Waals surface area contributed by atoms with Gasteiger partial charge in [-0.3, -0.25) is 9.78 Å². The standard InChI is InChI=1S/C19H21NO2/c1-2-8-15-13-17(21)22-19(16-11-6-7-12-20-16)18(15)14-9-4-3-5-10-14/h3-7,9-12,15,18-19H,2,8,13H2,1H3/t15-,18+,19+/m1/s1. The van der Waals surface area contributed by atoms with Crippen molar-refractivity contribution in [1.29, 1.82) is 0 Å². The van der Waals surface area contributed by atoms with Crippen molar-refractivity contribution in [2.24, 2.45) is 5.92 Å². The topological polar surface area (TPSA) is 39.2 Å². The minimum atomic E-state index is -0.290. The zero-order chi connectivity index (χ0) is 15.4. The smallest absolute Gasteiger partial charge is 0.306 e. The Morgan fingerprint density at radius 1 is 1.14 bits per heavy atom. The highest BCUT2D eigenvalue weighted by molar-refractivity contribution is 5.71. The lowest BCUT2D eigenvalue weighted by Gasteiger charge is -2.37. The van der Waals surface area contributed by atoms with Crippen LogP contribution in [0.5, 0.6) is 0 Å². The largest absolute Gasteiger partial charge is 0.455 e. The molecule has 114 valence electrons. The van der Waals surface area contributed by atoms with E-state index in [2.05, 4.69) is 24.0 Å². The minimum Gasteiger partial charge on any atom is -0.455 e. The van der Waals surface area contributed by atoms with Crippen LogP contribution in [-0.2, 0) is 9.53 Å². The Bertz CT molecular complexity index is 612. The number of rotatable bonds is 4. The lowest BCUT2D eigenvalue weighted by molar-refractivity contribution is -0.160. The number of nitrogens with zero attached hydrogens (tertiary/aromatic N) is 1. The van der Waals surface area contributed by atoms with Crippen molar-refractivity contribution in [3.63, 3.8) is 0 Å². The lowest BCUT2D eigenvalue weighted by atomic mass is 9.75. The molecule has 0 spiro atoms. The first-order valence-corrected chi connectivity index (χ1v) is 7.95. The Labute approximate surface area is 131 Å². The molecule has 1 aliphatic heterocycles. The number of esters is 1. The Morgan fingerprint density at radius 3 is 2.59 bits per heavy atom. The maximum absolute atomic E-state index is 12.1. The fourth-order valence-corrected chi connectivity index (χ4v) is 3.41. The van der Waals surface area contributed by atoms with Crippen LogP contribution in [0, 0.1) is 5.92 Å². The van der Waals surface area contributed by atoms with E-state index in [0.29, 0.717) is 12.3 Å². The van der Waals surface area contributed by atoms with Crippen molar-refractivity contribution in [2.75, 3.05) is 0 Å². The fraction of sp³-hybridized carbons (Fsp3) is 0.368. The van der Waals surface area contributed by atoms with Crippen LogP contribution in [0.4, 0.5) is 0 Å². The van der Waals surface area contributed by atoms with Crippen molar-refractivity contribution in [3.05, 3.63) is 66.0 Å². The van der Waals surface area contributed by atoms with E-state index in [1.807, 2.05) is 36.4 Å². The molecule has 3 atom stereocenters. The number of aromatic nitrogens is 1. The molecule has 0 N–H and O–H groups in total. The molecule has 22 heavy (non-hydrogen) atoms. The molecule has 0 saturated carbocycles. The number of pyridine rings is 1. The third-order valence-corrected chi connectivity index (χ3v) is 4.34. The molecule has 0 unspecified atom stereocenters. The molecule has 3 rings (SSSR count). The first-order chi connectivity index (χ1) is 10.8. The normalized spacial score (nSPS) is 24.8. The van der Waals surface area contributed by atoms with Crippen LogP contribution >= 0.6 is 0 Å². The van der Waals surface area contributed by atoms with Gasteiger partial charge in [-0.1, -0.05) is 49.7 Å². The molecular formula is C19H21NO2. The predicted octanol–water partition coefficient (Wildman–Crippen LogP) is 4.27. The van der Waals surface area contributed by atoms with Crippen molar-refractivity contribution >= 4 is 5.97 Å². The van der Waals surface area contributed by atoms with E-state index in [4.69, 9.17) is 4.74 Å². The van der Waals surface area contributed by atoms with Gasteiger partial charge in [0.25, 0.3) is 0 Å². The third-order valence-electron chi connectivity index (χ3n) is 4.34. The first-order valence-electron chi connectivity index (χ1n) is 7.95. The molecule has 2 heterocycles. The van der Waals surface area contributed by atoms with Crippen LogP contribution in [0.1, 0.15) is 49.5 Å². The summed E-state index contributed by atoms with van der Waals surface area (Å²) in [6.07, 6.45) is 4.06. The maximum Gasteiger partial charge on any atom is 0.306 e. The fourth-order valence-electron chi connectivity index (χ4n) is 3.41. The quantitative estimate of drug-likeness (QED) is 0.791. The van der Waals surface area contributed by atoms with Gasteiger partial charge in [0.2, 0.25) is 0 Å². The number of cyclic esters (lactones) is 1. The van der Waals surface area contributed by atoms with Crippen molar-refractivity contribution in [3.8, 4) is 0 Å². The molecule has 2 aromatic rings. The van der Waals surface area contributed by atoms with Crippen LogP contribution in [0.2, 0.25) is 0 Å². The molecule has 3 heteroatoms. The van der Waals surface area contributed by atoms with Crippen molar-refractivity contribution in [2.45, 2.75) is 38.2 Å². The number of hydrogen-bond acceptors (Lipinski definition) is 3. The van der Waals surface area contributed by atoms with E-state index in [9.17, 15) is 4.79 Å². The van der Waals surface area contributed by atoms with Gasteiger partial charge in [-0.15, -0.1) is 0 Å². The van der Waals surface area contributed by atoms with E-state index < -0.39 is 0 Å². The molecule has 0 aliphatic carbocycles. The second-order valence-corrected chi connectivity index (χ2v) is 5.85. The minimum absolute atomic E-state index is 0.110. The van der Waals surface area contributed by atoms with Crippen LogP contribution in [-0.4, -0.2) is 11.0 Å². The highest BCUT2D eigenvalue weighted by Gasteiger charge is 2.40. The van der Waals surface area contributed by atoms with Crippen LogP contribution in [0.3, 0.4) is 0 Å². The third kappa shape index (κ3) is 3.03. The van der Waals surface area contributed by atoms with Gasteiger partial charge in [0.15, 0.2) is 6.10 Å². The first kappa shape index (κ1) is 14.8. The molecule has 1 aromatic carbocycles. The number of carbonyl (C=O) groups excluding carboxylic acids is 1. The summed E-state index contributed by atoms with van der Waals surface area (Å²) >= 11 is 0. The summed E-state index contributed by atoms with van der Waals surface area (Å²) in [6.45, 7) is 2.16. The van der Waals surface area contributed by atoms with E-state index in [1.54, 1.807) is 6.20 Å². The number of ether oxygens (including phenoxy) is 1. The highest BCUT2D eigenvalue weighted by Crippen LogP contribution is 2.45. The number of hydrogen-bond donors (Lipinski definition) is 0. The second-order valence-electron chi connectivity index (χ2n) is 5.85. The van der Waals surface area contributed by atoms with Gasteiger partial charge in [0.1, 0.15) is 0 Å². The van der Waals surface area contributed by atoms with Crippen molar-refractivity contribution in [1.82, 2.24) is 4.98 Å². The van der Waals surface area contributed by atoms with Gasteiger partial charge >= 0.3 is 5.97 Å². The summed E-state index contributed by atoms with van der Waals surface area (Å²) in [6, 6.07) is 16.1.